The number of carbonyl (C=O) groups excluding carboxylic acids is 1. The zero-order valence-corrected chi connectivity index (χ0v) is 13.2. The van der Waals surface area contributed by atoms with Crippen LogP contribution in [0.25, 0.3) is 0 Å². The van der Waals surface area contributed by atoms with Crippen LogP contribution < -0.4 is 5.73 Å². The number of amides is 1. The summed E-state index contributed by atoms with van der Waals surface area (Å²) in [6, 6.07) is 0. The molecule has 0 saturated heterocycles. The topological polar surface area (TPSA) is 94.3 Å². The van der Waals surface area contributed by atoms with Gasteiger partial charge in [-0.05, 0) is 6.42 Å². The number of carbonyl (C=O) groups is 1. The van der Waals surface area contributed by atoms with Gasteiger partial charge in [0.25, 0.3) is 0 Å². The molecule has 0 fully saturated rings. The van der Waals surface area contributed by atoms with Crippen LogP contribution in [0.4, 0.5) is 0 Å². The zero-order valence-electron chi connectivity index (χ0n) is 11.6. The van der Waals surface area contributed by atoms with E-state index >= 15 is 0 Å². The fraction of sp³-hybridized carbons (Fsp3) is 0.917. The van der Waals surface area contributed by atoms with Crippen molar-refractivity contribution in [1.29, 1.82) is 0 Å². The van der Waals surface area contributed by atoms with Crippen molar-refractivity contribution in [3.8, 4) is 0 Å². The highest BCUT2D eigenvalue weighted by Gasteiger charge is 2.13. The first-order chi connectivity index (χ1) is 8.98. The third-order valence-corrected chi connectivity index (χ3v) is 4.31. The second kappa shape index (κ2) is 13.9. The highest BCUT2D eigenvalue weighted by molar-refractivity contribution is 7.92. The van der Waals surface area contributed by atoms with Crippen LogP contribution in [-0.2, 0) is 27.2 Å². The molecule has 1 amide bonds. The molecule has 0 aromatic carbocycles. The van der Waals surface area contributed by atoms with E-state index in [4.69, 9.17) is 9.94 Å². The molecule has 114 valence electrons. The summed E-state index contributed by atoms with van der Waals surface area (Å²) in [6.07, 6.45) is 8.86. The predicted molar refractivity (Wildman–Crippen MR) is 78.6 cm³/mol. The molecule has 0 atom stereocenters. The van der Waals surface area contributed by atoms with E-state index < -0.39 is 21.5 Å². The zero-order chi connectivity index (χ0) is 15.1. The second-order valence-corrected chi connectivity index (χ2v) is 6.72. The van der Waals surface area contributed by atoms with Gasteiger partial charge in [0.2, 0.25) is 5.91 Å². The molecule has 0 aliphatic rings. The Hall–Kier alpha value is -0.560. The standard InChI is InChI=1S/C12H25NO3S.OS/c1-2-3-4-5-6-7-8-9-10-17(15,16)11-12(13)14;1-2/h2-11H2,1H3,(H2,13,14);. The van der Waals surface area contributed by atoms with Crippen molar-refractivity contribution in [2.24, 2.45) is 5.73 Å². The van der Waals surface area contributed by atoms with Crippen LogP contribution in [0, 0.1) is 0 Å². The monoisotopic (exact) mass is 311 g/mol. The largest absolute Gasteiger partial charge is 0.369 e. The summed E-state index contributed by atoms with van der Waals surface area (Å²) in [5.41, 5.74) is 4.86. The molecule has 0 aromatic heterocycles. The van der Waals surface area contributed by atoms with Gasteiger partial charge in [-0.1, -0.05) is 51.9 Å². The van der Waals surface area contributed by atoms with Gasteiger partial charge in [0.1, 0.15) is 5.75 Å². The minimum absolute atomic E-state index is 0.0882. The van der Waals surface area contributed by atoms with E-state index in [-0.39, 0.29) is 5.75 Å². The van der Waals surface area contributed by atoms with E-state index in [0.29, 0.717) is 6.42 Å². The van der Waals surface area contributed by atoms with Crippen LogP contribution in [-0.4, -0.2) is 30.0 Å². The third kappa shape index (κ3) is 17.4. The second-order valence-electron chi connectivity index (χ2n) is 4.53. The molecule has 0 aliphatic heterocycles. The number of sulfone groups is 1. The maximum atomic E-state index is 11.3. The number of hydrogen-bond donors (Lipinski definition) is 1. The first kappa shape index (κ1) is 20.8. The first-order valence-corrected chi connectivity index (χ1v) is 8.79. The van der Waals surface area contributed by atoms with Crippen molar-refractivity contribution in [2.75, 3.05) is 11.5 Å². The number of hydrogen-bond acceptors (Lipinski definition) is 5. The summed E-state index contributed by atoms with van der Waals surface area (Å²) in [4.78, 5) is 10.5. The van der Waals surface area contributed by atoms with Crippen molar-refractivity contribution < 1.29 is 17.4 Å². The molecule has 0 radical (unpaired) electrons. The summed E-state index contributed by atoms with van der Waals surface area (Å²) in [5.74, 6) is -1.18. The normalized spacial score (nSPS) is 10.6. The van der Waals surface area contributed by atoms with E-state index in [1.165, 1.54) is 32.1 Å². The quantitative estimate of drug-likeness (QED) is 0.586. The molecule has 2 N–H and O–H groups in total. The molecule has 0 heterocycles. The fourth-order valence-electron chi connectivity index (χ4n) is 1.74. The minimum Gasteiger partial charge on any atom is -0.369 e. The first-order valence-electron chi connectivity index (χ1n) is 6.63. The maximum Gasteiger partial charge on any atom is 0.232 e. The Bertz CT molecular complexity index is 318. The Balaban J connectivity index is 0. The molecular formula is C12H25NO4S2. The maximum absolute atomic E-state index is 11.3. The Morgan fingerprint density at radius 3 is 1.79 bits per heavy atom. The van der Waals surface area contributed by atoms with Crippen LogP contribution >= 0.6 is 0 Å². The number of unbranched alkanes of at least 4 members (excludes halogenated alkanes) is 7. The highest BCUT2D eigenvalue weighted by Crippen LogP contribution is 2.09. The summed E-state index contributed by atoms with van der Waals surface area (Å²) in [7, 11) is -3.26. The van der Waals surface area contributed by atoms with Gasteiger partial charge < -0.3 is 5.73 Å². The van der Waals surface area contributed by atoms with Crippen molar-refractivity contribution in [2.45, 2.75) is 58.3 Å². The molecule has 7 heteroatoms. The molecule has 0 unspecified atom stereocenters. The Morgan fingerprint density at radius 2 is 1.37 bits per heavy atom. The van der Waals surface area contributed by atoms with Crippen molar-refractivity contribution in [3.05, 3.63) is 0 Å². The number of primary amides is 1. The van der Waals surface area contributed by atoms with E-state index in [1.807, 2.05) is 0 Å². The molecule has 0 aliphatic carbocycles. The van der Waals surface area contributed by atoms with Crippen molar-refractivity contribution in [1.82, 2.24) is 0 Å². The molecule has 0 aromatic rings. The molecule has 0 rings (SSSR count). The Labute approximate surface area is 121 Å². The minimum atomic E-state index is -3.26. The van der Waals surface area contributed by atoms with E-state index in [2.05, 4.69) is 19.5 Å². The van der Waals surface area contributed by atoms with Gasteiger partial charge in [-0.25, -0.2) is 8.42 Å². The summed E-state index contributed by atoms with van der Waals surface area (Å²) < 4.78 is 30.5. The molecule has 0 spiro atoms. The van der Waals surface area contributed by atoms with Gasteiger partial charge in [0.05, 0.1) is 5.75 Å². The average molecular weight is 311 g/mol. The van der Waals surface area contributed by atoms with Crippen molar-refractivity contribution in [3.63, 3.8) is 0 Å². The summed E-state index contributed by atoms with van der Waals surface area (Å²) in [5, 5.41) is 0. The lowest BCUT2D eigenvalue weighted by atomic mass is 10.1. The molecule has 0 bridgehead atoms. The number of rotatable bonds is 11. The fourth-order valence-corrected chi connectivity index (χ4v) is 2.97. The van der Waals surface area contributed by atoms with E-state index in [0.717, 1.165) is 12.8 Å². The van der Waals surface area contributed by atoms with E-state index in [9.17, 15) is 13.2 Å². The smallest absolute Gasteiger partial charge is 0.232 e. The molecular weight excluding hydrogens is 286 g/mol. The summed E-state index contributed by atoms with van der Waals surface area (Å²) >= 11 is 2.83. The van der Waals surface area contributed by atoms with Gasteiger partial charge in [-0.15, -0.1) is 0 Å². The van der Waals surface area contributed by atoms with Crippen LogP contribution in [0.1, 0.15) is 58.3 Å². The van der Waals surface area contributed by atoms with Crippen LogP contribution in [0.15, 0.2) is 0 Å². The van der Waals surface area contributed by atoms with Gasteiger partial charge in [-0.3, -0.25) is 4.79 Å². The highest BCUT2D eigenvalue weighted by atomic mass is 32.2. The van der Waals surface area contributed by atoms with Crippen LogP contribution in [0.5, 0.6) is 0 Å². The Morgan fingerprint density at radius 1 is 0.947 bits per heavy atom. The lowest BCUT2D eigenvalue weighted by molar-refractivity contribution is -0.115. The SMILES string of the molecule is CCCCCCCCCCS(=O)(=O)CC(N)=O.O=S. The van der Waals surface area contributed by atoms with Gasteiger partial charge >= 0.3 is 0 Å². The molecule has 0 saturated carbocycles. The van der Waals surface area contributed by atoms with Gasteiger partial charge in [-0.2, -0.15) is 4.21 Å². The molecule has 19 heavy (non-hydrogen) atoms. The lowest BCUT2D eigenvalue weighted by Crippen LogP contribution is -2.24. The number of nitrogens with two attached hydrogens (primary N) is 1. The van der Waals surface area contributed by atoms with Gasteiger partial charge in [0, 0.05) is 0 Å². The van der Waals surface area contributed by atoms with Crippen LogP contribution in [0.3, 0.4) is 0 Å². The average Bonchev–Trinajstić information content (AvgIpc) is 2.33. The van der Waals surface area contributed by atoms with E-state index in [1.54, 1.807) is 0 Å². The lowest BCUT2D eigenvalue weighted by Gasteiger charge is -2.02. The summed E-state index contributed by atoms with van der Waals surface area (Å²) in [6.45, 7) is 2.18. The predicted octanol–water partition coefficient (Wildman–Crippen LogP) is 1.69. The van der Waals surface area contributed by atoms with Crippen molar-refractivity contribution >= 4 is 28.3 Å². The third-order valence-electron chi connectivity index (χ3n) is 2.67. The molecule has 5 nitrogen and oxygen atoms in total. The van der Waals surface area contributed by atoms with Gasteiger partial charge in [0.15, 0.2) is 22.4 Å². The van der Waals surface area contributed by atoms with Crippen LogP contribution in [0.2, 0.25) is 0 Å². The Kier molecular flexibility index (Phi) is 15.1.